The molecule has 0 aromatic heterocycles. The van der Waals surface area contributed by atoms with Gasteiger partial charge in [-0.2, -0.15) is 60.6 Å². The minimum atomic E-state index is -4.64. The minimum absolute atomic E-state index is 0.00861. The Morgan fingerprint density at radius 1 is 0.473 bits per heavy atom. The van der Waals surface area contributed by atoms with Crippen LogP contribution in [0.5, 0.6) is 0 Å². The average molecular weight is 1550 g/mol. The Balaban J connectivity index is 0.000000211. The van der Waals surface area contributed by atoms with Gasteiger partial charge in [0.2, 0.25) is 0 Å². The largest absolute Gasteiger partial charge is 0.416 e. The molecule has 582 valence electrons. The molecule has 4 N–H and O–H groups in total. The van der Waals surface area contributed by atoms with Crippen molar-refractivity contribution in [1.29, 1.82) is 21.0 Å². The van der Waals surface area contributed by atoms with Gasteiger partial charge in [0.05, 0.1) is 98.4 Å². The smallest absolute Gasteiger partial charge is 0.389 e. The van der Waals surface area contributed by atoms with E-state index in [1.165, 1.54) is 166 Å². The Hall–Kier alpha value is -13.0. The zero-order chi connectivity index (χ0) is 83.4. The van der Waals surface area contributed by atoms with Crippen LogP contribution >= 0.6 is 0 Å². The number of Topliss-reactive ketones (excluding diaryl/α,β-unsaturated/α-hetero) is 3. The predicted molar refractivity (Wildman–Crippen MR) is 385 cm³/mol. The van der Waals surface area contributed by atoms with Gasteiger partial charge in [-0.05, 0) is 176 Å². The van der Waals surface area contributed by atoms with Crippen molar-refractivity contribution in [3.8, 4) is 24.3 Å². The number of allylic oxidation sites excluding steroid dienone is 3. The molecule has 4 aliphatic rings. The van der Waals surface area contributed by atoms with E-state index >= 15 is 0 Å². The van der Waals surface area contributed by atoms with Gasteiger partial charge in [0, 0.05) is 84.7 Å². The Kier molecular flexibility index (Phi) is 25.0. The van der Waals surface area contributed by atoms with Crippen LogP contribution in [0.15, 0.2) is 161 Å². The number of nitrogens with zero attached hydrogens (tertiary/aromatic N) is 10. The molecular formula is C79H71F10N13O10. The van der Waals surface area contributed by atoms with E-state index in [9.17, 15) is 113 Å². The standard InChI is InChI=1S/C27H22F3N5O3.C27H27F3N4O4.C25H22F4N4O3/c1-15-22(16(2)36)23(34(3)25(38)35(15)19-6-4-5-18(12-19)27(28,29)30)20-8-7-17(13-31)11-21(20)24(37)33-26(14-32)9-10-26;1-15-22(16(2)35)23(20-10-9-17(13-31)11-21(20)24(36)32-14-26(3,4)38)33(5)25(37)34(15)19-8-6-7-18(12-19)27(28,29)30;1-14-21(15(2)34)22(19-8-7-16(13-30)11-20(19)23(35)31-10-9-26)32(3)24(36)33(14)18-6-4-5-17(12-18)25(27,28)29/h4-8,11-12,23H,9-10H2,1-3H3,(H,33,37);6-12,23,38H,14H2,1-5H3,(H,32,36);4-8,11-12,22H,9-10H2,1-3H3,(H,31,35). The summed E-state index contributed by atoms with van der Waals surface area (Å²) in [6.07, 6.45) is -13.0. The molecule has 23 nitrogen and oxygen atoms in total. The van der Waals surface area contributed by atoms with Gasteiger partial charge < -0.3 is 35.8 Å². The maximum Gasteiger partial charge on any atom is 0.416 e. The first-order valence-electron chi connectivity index (χ1n) is 33.9. The van der Waals surface area contributed by atoms with E-state index < -0.39 is 124 Å². The lowest BCUT2D eigenvalue weighted by Gasteiger charge is -2.41. The van der Waals surface area contributed by atoms with Gasteiger partial charge in [-0.1, -0.05) is 36.4 Å². The molecule has 0 saturated heterocycles. The molecule has 6 aromatic carbocycles. The van der Waals surface area contributed by atoms with Gasteiger partial charge in [0.25, 0.3) is 17.7 Å². The number of aliphatic hydroxyl groups is 1. The Morgan fingerprint density at radius 3 is 1.02 bits per heavy atom. The number of hydrogen-bond acceptors (Lipinski definition) is 14. The Morgan fingerprint density at radius 2 is 0.768 bits per heavy atom. The quantitative estimate of drug-likeness (QED) is 0.0617. The summed E-state index contributed by atoms with van der Waals surface area (Å²) in [6, 6.07) is 27.6. The summed E-state index contributed by atoms with van der Waals surface area (Å²) in [4.78, 5) is 125. The molecule has 3 atom stereocenters. The third-order valence-corrected chi connectivity index (χ3v) is 18.6. The van der Waals surface area contributed by atoms with E-state index in [2.05, 4.69) is 22.0 Å². The fourth-order valence-electron chi connectivity index (χ4n) is 13.1. The summed E-state index contributed by atoms with van der Waals surface area (Å²) in [5, 5.41) is 55.1. The van der Waals surface area contributed by atoms with Crippen molar-refractivity contribution in [2.75, 3.05) is 55.6 Å². The molecule has 9 amide bonds. The lowest BCUT2D eigenvalue weighted by molar-refractivity contribution is -0.138. The number of likely N-dealkylation sites (N-methyl/N-ethyl adjacent to an activating group) is 3. The van der Waals surface area contributed by atoms with Crippen LogP contribution in [0.1, 0.15) is 168 Å². The molecule has 3 unspecified atom stereocenters. The molecule has 1 fully saturated rings. The molecule has 1 saturated carbocycles. The van der Waals surface area contributed by atoms with Gasteiger partial charge in [0.1, 0.15) is 12.2 Å². The monoisotopic (exact) mass is 1550 g/mol. The number of ketones is 3. The number of anilines is 3. The van der Waals surface area contributed by atoms with Gasteiger partial charge in [-0.3, -0.25) is 43.5 Å². The van der Waals surface area contributed by atoms with Gasteiger partial charge in [-0.15, -0.1) is 0 Å². The van der Waals surface area contributed by atoms with Crippen molar-refractivity contribution >= 4 is 70.2 Å². The van der Waals surface area contributed by atoms with Crippen LogP contribution in [0, 0.1) is 45.3 Å². The zero-order valence-corrected chi connectivity index (χ0v) is 61.8. The highest BCUT2D eigenvalue weighted by Crippen LogP contribution is 2.46. The number of hydrogen-bond donors (Lipinski definition) is 4. The van der Waals surface area contributed by atoms with Crippen LogP contribution in [0.25, 0.3) is 0 Å². The lowest BCUT2D eigenvalue weighted by Crippen LogP contribution is -2.49. The third kappa shape index (κ3) is 18.0. The maximum atomic E-state index is 13.6. The number of carbonyl (C=O) groups excluding carboxylic acids is 9. The first-order valence-corrected chi connectivity index (χ1v) is 33.9. The fourth-order valence-corrected chi connectivity index (χ4v) is 13.1. The molecule has 3 heterocycles. The van der Waals surface area contributed by atoms with Crippen LogP contribution in [0.2, 0.25) is 0 Å². The normalized spacial score (nSPS) is 17.1. The molecule has 1 aliphatic carbocycles. The molecule has 112 heavy (non-hydrogen) atoms. The van der Waals surface area contributed by atoms with Crippen LogP contribution in [-0.2, 0) is 32.9 Å². The number of urea groups is 3. The molecule has 0 radical (unpaired) electrons. The molecule has 0 spiro atoms. The molecule has 0 bridgehead atoms. The maximum absolute atomic E-state index is 13.6. The number of nitriles is 4. The second-order valence-electron chi connectivity index (χ2n) is 27.0. The predicted octanol–water partition coefficient (Wildman–Crippen LogP) is 14.1. The molecule has 10 rings (SSSR count). The van der Waals surface area contributed by atoms with Crippen molar-refractivity contribution in [3.05, 3.63) is 228 Å². The SMILES string of the molecule is CC(=O)C1=C(C)N(c2cccc(C(F)(F)F)c2)C(=O)N(C)C1c1ccc(C#N)cc1C(=O)NC1(C#N)CC1.CC(=O)C1=C(C)N(c2cccc(C(F)(F)F)c2)C(=O)N(C)C1c1ccc(C#N)cc1C(=O)NCC(C)(C)O.CC(=O)C1=C(C)N(c2cccc(C(F)(F)F)c2)C(=O)N(C)C1c1ccc(C#N)cc1C(=O)NCCF. The number of nitrogens with one attached hydrogen (secondary N) is 3. The molecule has 33 heteroatoms. The summed E-state index contributed by atoms with van der Waals surface area (Å²) >= 11 is 0. The van der Waals surface area contributed by atoms with E-state index in [-0.39, 0.29) is 114 Å². The highest BCUT2D eigenvalue weighted by molar-refractivity contribution is 6.09. The highest BCUT2D eigenvalue weighted by atomic mass is 19.4. The fraction of sp³-hybridized carbons (Fsp3) is 0.304. The first kappa shape index (κ1) is 84.6. The average Bonchev–Trinajstić information content (AvgIpc) is 0.871. The van der Waals surface area contributed by atoms with E-state index in [1.54, 1.807) is 0 Å². The summed E-state index contributed by atoms with van der Waals surface area (Å²) in [5.41, 5.74) is -3.70. The van der Waals surface area contributed by atoms with Crippen molar-refractivity contribution in [2.24, 2.45) is 0 Å². The lowest BCUT2D eigenvalue weighted by atomic mass is 9.87. The van der Waals surface area contributed by atoms with Gasteiger partial charge >= 0.3 is 36.6 Å². The summed E-state index contributed by atoms with van der Waals surface area (Å²) < 4.78 is 133. The topological polar surface area (TPSA) is 325 Å². The van der Waals surface area contributed by atoms with Crippen molar-refractivity contribution in [2.45, 2.75) is 116 Å². The number of carbonyl (C=O) groups is 9. The van der Waals surface area contributed by atoms with Gasteiger partial charge in [0.15, 0.2) is 17.3 Å². The van der Waals surface area contributed by atoms with Crippen molar-refractivity contribution in [1.82, 2.24) is 30.7 Å². The second-order valence-corrected chi connectivity index (χ2v) is 27.0. The van der Waals surface area contributed by atoms with Crippen LogP contribution in [0.4, 0.5) is 75.3 Å². The summed E-state index contributed by atoms with van der Waals surface area (Å²) in [6.45, 7) is 9.87. The van der Waals surface area contributed by atoms with Crippen LogP contribution in [-0.4, -0.2) is 125 Å². The number of rotatable bonds is 17. The third-order valence-electron chi connectivity index (χ3n) is 18.6. The Bertz CT molecular complexity index is 5140. The number of halogens is 10. The number of benzene rings is 6. The van der Waals surface area contributed by atoms with Crippen molar-refractivity contribution in [3.63, 3.8) is 0 Å². The van der Waals surface area contributed by atoms with Crippen LogP contribution in [0.3, 0.4) is 0 Å². The molecule has 3 aliphatic heterocycles. The zero-order valence-electron chi connectivity index (χ0n) is 61.8. The van der Waals surface area contributed by atoms with Gasteiger partial charge in [-0.25, -0.2) is 18.8 Å². The van der Waals surface area contributed by atoms with E-state index in [0.29, 0.717) is 12.8 Å². The highest BCUT2D eigenvalue weighted by Gasteiger charge is 2.48. The molecule has 6 aromatic rings. The molecular weight excluding hydrogens is 1480 g/mol. The minimum Gasteiger partial charge on any atom is -0.389 e. The van der Waals surface area contributed by atoms with Crippen LogP contribution < -0.4 is 30.7 Å². The first-order chi connectivity index (χ1) is 52.3. The van der Waals surface area contributed by atoms with E-state index in [4.69, 9.17) is 0 Å². The van der Waals surface area contributed by atoms with E-state index in [1.807, 2.05) is 18.2 Å². The van der Waals surface area contributed by atoms with Crippen molar-refractivity contribution < 1.29 is 92.2 Å². The second kappa shape index (κ2) is 33.1. The number of alkyl halides is 10. The summed E-state index contributed by atoms with van der Waals surface area (Å²) in [7, 11) is 4.10. The Labute approximate surface area is 635 Å². The summed E-state index contributed by atoms with van der Waals surface area (Å²) in [5.74, 6) is -3.39. The number of amides is 9. The van der Waals surface area contributed by atoms with E-state index in [0.717, 1.165) is 67.0 Å².